The van der Waals surface area contributed by atoms with Gasteiger partial charge in [-0.25, -0.2) is 13.4 Å². The molecule has 108 valence electrons. The molecule has 0 aromatic carbocycles. The lowest BCUT2D eigenvalue weighted by Crippen LogP contribution is -2.35. The van der Waals surface area contributed by atoms with Crippen molar-refractivity contribution in [1.82, 2.24) is 13.9 Å². The molecular formula is C13H17N3O2S2. The van der Waals surface area contributed by atoms with E-state index in [-0.39, 0.29) is 11.1 Å². The number of thiophene rings is 1. The molecule has 0 saturated heterocycles. The summed E-state index contributed by atoms with van der Waals surface area (Å²) < 4.78 is 28.6. The second-order valence-electron chi connectivity index (χ2n) is 5.05. The number of hydrogen-bond donors (Lipinski definition) is 0. The molecule has 0 bridgehead atoms. The number of aromatic nitrogens is 2. The largest absolute Gasteiger partial charge is 0.339 e. The van der Waals surface area contributed by atoms with Crippen LogP contribution < -0.4 is 0 Å². The quantitative estimate of drug-likeness (QED) is 0.818. The van der Waals surface area contributed by atoms with Gasteiger partial charge in [-0.15, -0.1) is 11.3 Å². The van der Waals surface area contributed by atoms with Crippen LogP contribution in [0, 0.1) is 0 Å². The van der Waals surface area contributed by atoms with Crippen molar-refractivity contribution in [3.8, 4) is 0 Å². The molecule has 0 aliphatic heterocycles. The highest BCUT2D eigenvalue weighted by Gasteiger charge is 2.38. The Balaban J connectivity index is 1.79. The van der Waals surface area contributed by atoms with Gasteiger partial charge in [0.25, 0.3) is 10.0 Å². The van der Waals surface area contributed by atoms with E-state index in [1.165, 1.54) is 11.2 Å². The Hall–Kier alpha value is -1.18. The molecule has 0 unspecified atom stereocenters. The highest BCUT2D eigenvalue weighted by atomic mass is 32.2. The fraction of sp³-hybridized carbons (Fsp3) is 0.462. The topological polar surface area (TPSA) is 55.2 Å². The van der Waals surface area contributed by atoms with Crippen molar-refractivity contribution >= 4 is 21.4 Å². The Bertz CT molecular complexity index is 672. The van der Waals surface area contributed by atoms with Crippen LogP contribution in [0.1, 0.15) is 17.7 Å². The van der Waals surface area contributed by atoms with Crippen LogP contribution in [-0.2, 0) is 23.5 Å². The van der Waals surface area contributed by atoms with E-state index >= 15 is 0 Å². The predicted octanol–water partition coefficient (Wildman–Crippen LogP) is 1.88. The van der Waals surface area contributed by atoms with Gasteiger partial charge in [-0.2, -0.15) is 4.31 Å². The van der Waals surface area contributed by atoms with Crippen LogP contribution in [0.15, 0.2) is 35.1 Å². The molecule has 1 aliphatic rings. The van der Waals surface area contributed by atoms with Crippen molar-refractivity contribution in [3.63, 3.8) is 0 Å². The second kappa shape index (κ2) is 5.31. The van der Waals surface area contributed by atoms with E-state index in [2.05, 4.69) is 4.98 Å². The van der Waals surface area contributed by atoms with Crippen molar-refractivity contribution < 1.29 is 8.42 Å². The van der Waals surface area contributed by atoms with Crippen LogP contribution in [0.3, 0.4) is 0 Å². The first-order valence-electron chi connectivity index (χ1n) is 6.59. The van der Waals surface area contributed by atoms with E-state index in [1.807, 2.05) is 17.5 Å². The molecule has 2 heterocycles. The first-order chi connectivity index (χ1) is 9.57. The number of imidazole rings is 1. The lowest BCUT2D eigenvalue weighted by Gasteiger charge is -2.20. The van der Waals surface area contributed by atoms with Gasteiger partial charge in [0.1, 0.15) is 0 Å². The SMILES string of the molecule is Cn1cnc(S(=O)(=O)N(CCc2cccs2)C2CC2)c1. The van der Waals surface area contributed by atoms with Crippen molar-refractivity contribution in [1.29, 1.82) is 0 Å². The molecule has 0 N–H and O–H groups in total. The van der Waals surface area contributed by atoms with Crippen molar-refractivity contribution in [2.75, 3.05) is 6.54 Å². The molecule has 1 aliphatic carbocycles. The predicted molar refractivity (Wildman–Crippen MR) is 78.1 cm³/mol. The van der Waals surface area contributed by atoms with Gasteiger partial charge in [0, 0.05) is 30.7 Å². The number of rotatable bonds is 6. The maximum Gasteiger partial charge on any atom is 0.262 e. The Kier molecular flexibility index (Phi) is 3.66. The van der Waals surface area contributed by atoms with Gasteiger partial charge in [-0.3, -0.25) is 0 Å². The lowest BCUT2D eigenvalue weighted by molar-refractivity contribution is 0.406. The van der Waals surface area contributed by atoms with Gasteiger partial charge in [-0.1, -0.05) is 6.07 Å². The molecule has 5 nitrogen and oxygen atoms in total. The van der Waals surface area contributed by atoms with E-state index in [0.717, 1.165) is 19.3 Å². The number of aryl methyl sites for hydroxylation is 1. The third-order valence-electron chi connectivity index (χ3n) is 3.37. The number of hydrogen-bond acceptors (Lipinski definition) is 4. The molecule has 20 heavy (non-hydrogen) atoms. The van der Waals surface area contributed by atoms with E-state index in [1.54, 1.807) is 33.5 Å². The summed E-state index contributed by atoms with van der Waals surface area (Å²) in [5, 5.41) is 2.17. The monoisotopic (exact) mass is 311 g/mol. The summed E-state index contributed by atoms with van der Waals surface area (Å²) in [7, 11) is -1.69. The third-order valence-corrected chi connectivity index (χ3v) is 6.14. The first kappa shape index (κ1) is 13.8. The highest BCUT2D eigenvalue weighted by molar-refractivity contribution is 7.89. The third kappa shape index (κ3) is 2.79. The summed E-state index contributed by atoms with van der Waals surface area (Å²) in [6.07, 6.45) is 5.76. The van der Waals surface area contributed by atoms with Crippen molar-refractivity contribution in [3.05, 3.63) is 34.9 Å². The van der Waals surface area contributed by atoms with Crippen LogP contribution in [0.2, 0.25) is 0 Å². The maximum absolute atomic E-state index is 12.6. The van der Waals surface area contributed by atoms with Gasteiger partial charge in [-0.05, 0) is 30.7 Å². The summed E-state index contributed by atoms with van der Waals surface area (Å²) >= 11 is 1.67. The summed E-state index contributed by atoms with van der Waals surface area (Å²) in [6, 6.07) is 4.19. The Morgan fingerprint density at radius 3 is 2.85 bits per heavy atom. The summed E-state index contributed by atoms with van der Waals surface area (Å²) in [5.74, 6) is 0. The molecule has 0 radical (unpaired) electrons. The first-order valence-corrected chi connectivity index (χ1v) is 8.91. The molecule has 1 saturated carbocycles. The molecule has 0 amide bonds. The minimum atomic E-state index is -3.46. The maximum atomic E-state index is 12.6. The zero-order chi connectivity index (χ0) is 14.2. The molecule has 0 atom stereocenters. The zero-order valence-corrected chi connectivity index (χ0v) is 12.9. The van der Waals surface area contributed by atoms with Crippen molar-refractivity contribution in [2.45, 2.75) is 30.3 Å². The minimum Gasteiger partial charge on any atom is -0.339 e. The molecule has 2 aromatic rings. The molecule has 0 spiro atoms. The van der Waals surface area contributed by atoms with E-state index in [9.17, 15) is 8.42 Å². The molecule has 2 aromatic heterocycles. The number of nitrogens with zero attached hydrogens (tertiary/aromatic N) is 3. The van der Waals surface area contributed by atoms with Crippen LogP contribution in [0.4, 0.5) is 0 Å². The van der Waals surface area contributed by atoms with Gasteiger partial charge in [0.2, 0.25) is 0 Å². The Labute approximate surface area is 122 Å². The summed E-state index contributed by atoms with van der Waals surface area (Å²) in [5.41, 5.74) is 0. The van der Waals surface area contributed by atoms with Crippen LogP contribution >= 0.6 is 11.3 Å². The van der Waals surface area contributed by atoms with Crippen LogP contribution in [0.5, 0.6) is 0 Å². The fourth-order valence-electron chi connectivity index (χ4n) is 2.18. The lowest BCUT2D eigenvalue weighted by atomic mass is 10.3. The molecule has 1 fully saturated rings. The Morgan fingerprint density at radius 1 is 1.50 bits per heavy atom. The summed E-state index contributed by atoms with van der Waals surface area (Å²) in [4.78, 5) is 5.21. The van der Waals surface area contributed by atoms with Gasteiger partial charge in [0.15, 0.2) is 5.03 Å². The molecule has 3 rings (SSSR count). The van der Waals surface area contributed by atoms with Crippen LogP contribution in [-0.4, -0.2) is 34.9 Å². The summed E-state index contributed by atoms with van der Waals surface area (Å²) in [6.45, 7) is 0.532. The zero-order valence-electron chi connectivity index (χ0n) is 11.3. The highest BCUT2D eigenvalue weighted by Crippen LogP contribution is 2.31. The van der Waals surface area contributed by atoms with Gasteiger partial charge >= 0.3 is 0 Å². The minimum absolute atomic E-state index is 0.151. The normalized spacial score (nSPS) is 15.9. The average Bonchev–Trinajstić information content (AvgIpc) is 2.90. The van der Waals surface area contributed by atoms with Gasteiger partial charge < -0.3 is 4.57 Å². The Morgan fingerprint density at radius 2 is 2.30 bits per heavy atom. The van der Waals surface area contributed by atoms with E-state index < -0.39 is 10.0 Å². The van der Waals surface area contributed by atoms with E-state index in [4.69, 9.17) is 0 Å². The smallest absolute Gasteiger partial charge is 0.262 e. The van der Waals surface area contributed by atoms with Crippen LogP contribution in [0.25, 0.3) is 0 Å². The molecule has 7 heteroatoms. The average molecular weight is 311 g/mol. The second-order valence-corrected chi connectivity index (χ2v) is 7.92. The molecular weight excluding hydrogens is 294 g/mol. The standard InChI is InChI=1S/C13H17N3O2S2/c1-15-9-13(14-10-15)20(17,18)16(11-4-5-11)7-6-12-3-2-8-19-12/h2-3,8-11H,4-7H2,1H3. The van der Waals surface area contributed by atoms with Gasteiger partial charge in [0.05, 0.1) is 6.33 Å². The van der Waals surface area contributed by atoms with Crippen molar-refractivity contribution in [2.24, 2.45) is 7.05 Å². The fourth-order valence-corrected chi connectivity index (χ4v) is 4.53. The van der Waals surface area contributed by atoms with E-state index in [0.29, 0.717) is 6.54 Å². The number of sulfonamides is 1.